The van der Waals surface area contributed by atoms with Gasteiger partial charge in [0, 0.05) is 12.1 Å². The van der Waals surface area contributed by atoms with Crippen LogP contribution in [-0.2, 0) is 19.6 Å². The molecule has 0 N–H and O–H groups in total. The molecule has 1 aromatic rings. The Morgan fingerprint density at radius 3 is 2.60 bits per heavy atom. The minimum atomic E-state index is -5.49. The van der Waals surface area contributed by atoms with Gasteiger partial charge < -0.3 is 4.74 Å². The molecular weight excluding hydrogens is 301 g/mol. The third-order valence-electron chi connectivity index (χ3n) is 2.43. The van der Waals surface area contributed by atoms with E-state index in [1.54, 1.807) is 6.92 Å². The quantitative estimate of drug-likeness (QED) is 0.772. The van der Waals surface area contributed by atoms with Gasteiger partial charge in [-0.2, -0.15) is 21.6 Å². The zero-order chi connectivity index (χ0) is 15.6. The molecule has 0 saturated carbocycles. The molecule has 6 nitrogen and oxygen atoms in total. The molecule has 1 rings (SSSR count). The normalized spacial score (nSPS) is 14.1. The fourth-order valence-corrected chi connectivity index (χ4v) is 2.06. The summed E-state index contributed by atoms with van der Waals surface area (Å²) in [6, 6.07) is 0. The first-order chi connectivity index (χ1) is 9.09. The number of esters is 1. The minimum absolute atomic E-state index is 0.00993. The molecule has 1 aromatic heterocycles. The van der Waals surface area contributed by atoms with Gasteiger partial charge in [-0.15, -0.1) is 0 Å². The van der Waals surface area contributed by atoms with E-state index in [0.717, 1.165) is 6.20 Å². The molecule has 10 heteroatoms. The number of ether oxygens (including phenoxy) is 1. The third kappa shape index (κ3) is 3.50. The van der Waals surface area contributed by atoms with Gasteiger partial charge in [0.25, 0.3) is 0 Å². The predicted molar refractivity (Wildman–Crippen MR) is 62.3 cm³/mol. The highest BCUT2D eigenvalue weighted by Crippen LogP contribution is 2.26. The number of imidazole rings is 1. The summed E-state index contributed by atoms with van der Waals surface area (Å²) < 4.78 is 63.9. The average molecular weight is 314 g/mol. The van der Waals surface area contributed by atoms with Crippen LogP contribution < -0.4 is 0 Å². The maximum Gasteiger partial charge on any atom is 0.517 e. The van der Waals surface area contributed by atoms with Crippen LogP contribution in [0.1, 0.15) is 31.9 Å². The first-order valence-electron chi connectivity index (χ1n) is 5.61. The van der Waals surface area contributed by atoms with Gasteiger partial charge in [-0.25, -0.2) is 8.96 Å². The Labute approximate surface area is 113 Å². The van der Waals surface area contributed by atoms with Crippen LogP contribution in [-0.4, -0.2) is 35.5 Å². The Bertz CT molecular complexity index is 580. The number of nitrogens with zero attached hydrogens (tertiary/aromatic N) is 2. The number of carbonyl (C=O) groups excluding carboxylic acids is 1. The van der Waals surface area contributed by atoms with Gasteiger partial charge in [-0.05, 0) is 6.92 Å². The summed E-state index contributed by atoms with van der Waals surface area (Å²) in [5, 5.41) is 0. The fourth-order valence-electron chi connectivity index (χ4n) is 1.40. The molecule has 0 aliphatic rings. The highest BCUT2D eigenvalue weighted by atomic mass is 32.2. The molecule has 0 aromatic carbocycles. The van der Waals surface area contributed by atoms with Crippen LogP contribution in [0, 0.1) is 0 Å². The summed E-state index contributed by atoms with van der Waals surface area (Å²) >= 11 is 0. The van der Waals surface area contributed by atoms with Crippen LogP contribution in [0.4, 0.5) is 13.2 Å². The van der Waals surface area contributed by atoms with Crippen LogP contribution in [0.25, 0.3) is 0 Å². The summed E-state index contributed by atoms with van der Waals surface area (Å²) in [4.78, 5) is 14.8. The number of alkyl halides is 3. The summed E-state index contributed by atoms with van der Waals surface area (Å²) in [5.41, 5.74) is -5.35. The maximum absolute atomic E-state index is 12.3. The third-order valence-corrected chi connectivity index (χ3v) is 3.77. The molecule has 0 amide bonds. The van der Waals surface area contributed by atoms with Crippen molar-refractivity contribution in [3.05, 3.63) is 18.2 Å². The lowest BCUT2D eigenvalue weighted by molar-refractivity contribution is -0.143. The molecule has 0 radical (unpaired) electrons. The van der Waals surface area contributed by atoms with Crippen LogP contribution >= 0.6 is 0 Å². The molecule has 0 aliphatic carbocycles. The van der Waals surface area contributed by atoms with E-state index >= 15 is 0 Å². The van der Waals surface area contributed by atoms with Crippen molar-refractivity contribution in [1.82, 2.24) is 8.96 Å². The van der Waals surface area contributed by atoms with Gasteiger partial charge >= 0.3 is 21.5 Å². The van der Waals surface area contributed by atoms with Gasteiger partial charge in [0.1, 0.15) is 6.33 Å². The molecule has 0 aliphatic heterocycles. The smallest absolute Gasteiger partial charge is 0.466 e. The first kappa shape index (κ1) is 16.5. The van der Waals surface area contributed by atoms with Crippen molar-refractivity contribution in [2.45, 2.75) is 31.7 Å². The Kier molecular flexibility index (Phi) is 4.79. The summed E-state index contributed by atoms with van der Waals surface area (Å²) in [6.07, 6.45) is 1.20. The Morgan fingerprint density at radius 1 is 1.50 bits per heavy atom. The molecule has 0 bridgehead atoms. The van der Waals surface area contributed by atoms with Crippen molar-refractivity contribution in [1.29, 1.82) is 0 Å². The molecular formula is C10H13F3N2O4S. The predicted octanol–water partition coefficient (Wildman–Crippen LogP) is 1.64. The Morgan fingerprint density at radius 2 is 2.10 bits per heavy atom. The van der Waals surface area contributed by atoms with E-state index in [1.165, 1.54) is 6.92 Å². The van der Waals surface area contributed by atoms with Crippen molar-refractivity contribution >= 4 is 16.0 Å². The van der Waals surface area contributed by atoms with E-state index in [2.05, 4.69) is 4.98 Å². The lowest BCUT2D eigenvalue weighted by Gasteiger charge is -2.09. The molecule has 20 heavy (non-hydrogen) atoms. The lowest BCUT2D eigenvalue weighted by atomic mass is 10.1. The molecule has 0 spiro atoms. The molecule has 114 valence electrons. The molecule has 1 unspecified atom stereocenters. The minimum Gasteiger partial charge on any atom is -0.466 e. The average Bonchev–Trinajstić information content (AvgIpc) is 2.77. The highest BCUT2D eigenvalue weighted by molar-refractivity contribution is 7.90. The van der Waals surface area contributed by atoms with E-state index in [4.69, 9.17) is 4.74 Å². The molecule has 1 atom stereocenters. The van der Waals surface area contributed by atoms with Crippen LogP contribution in [0.3, 0.4) is 0 Å². The first-order valence-corrected chi connectivity index (χ1v) is 7.05. The number of hydrogen-bond donors (Lipinski definition) is 0. The van der Waals surface area contributed by atoms with Gasteiger partial charge in [0.05, 0.1) is 18.7 Å². The van der Waals surface area contributed by atoms with E-state index in [1.807, 2.05) is 0 Å². The molecule has 0 saturated heterocycles. The summed E-state index contributed by atoms with van der Waals surface area (Å²) in [6.45, 7) is 3.33. The van der Waals surface area contributed by atoms with E-state index in [-0.39, 0.29) is 22.7 Å². The lowest BCUT2D eigenvalue weighted by Crippen LogP contribution is -2.28. The van der Waals surface area contributed by atoms with Crippen LogP contribution in [0.2, 0.25) is 0 Å². The maximum atomic E-state index is 12.3. The fraction of sp³-hybridized carbons (Fsp3) is 0.600. The van der Waals surface area contributed by atoms with Gasteiger partial charge in [0.2, 0.25) is 0 Å². The van der Waals surface area contributed by atoms with Gasteiger partial charge in [0.15, 0.2) is 0 Å². The van der Waals surface area contributed by atoms with E-state index in [9.17, 15) is 26.4 Å². The number of halogens is 3. The van der Waals surface area contributed by atoms with Crippen molar-refractivity contribution in [2.24, 2.45) is 0 Å². The number of aromatic nitrogens is 2. The van der Waals surface area contributed by atoms with Gasteiger partial charge in [-0.1, -0.05) is 6.92 Å². The molecule has 1 heterocycles. The molecule has 0 fully saturated rings. The van der Waals surface area contributed by atoms with Crippen molar-refractivity contribution in [3.8, 4) is 0 Å². The van der Waals surface area contributed by atoms with Crippen molar-refractivity contribution in [2.75, 3.05) is 6.61 Å². The number of hydrogen-bond acceptors (Lipinski definition) is 5. The second-order valence-corrected chi connectivity index (χ2v) is 5.82. The van der Waals surface area contributed by atoms with Gasteiger partial charge in [-0.3, -0.25) is 4.79 Å². The SMILES string of the molecule is CCOC(=O)CC(C)c1cn(S(=O)(=O)C(F)(F)F)cn1. The van der Waals surface area contributed by atoms with E-state index in [0.29, 0.717) is 6.33 Å². The van der Waals surface area contributed by atoms with Crippen LogP contribution in [0.15, 0.2) is 12.5 Å². The Hall–Kier alpha value is -1.58. The van der Waals surface area contributed by atoms with Crippen molar-refractivity contribution < 1.29 is 31.1 Å². The highest BCUT2D eigenvalue weighted by Gasteiger charge is 2.47. The monoisotopic (exact) mass is 314 g/mol. The topological polar surface area (TPSA) is 78.3 Å². The van der Waals surface area contributed by atoms with Crippen LogP contribution in [0.5, 0.6) is 0 Å². The van der Waals surface area contributed by atoms with Crippen molar-refractivity contribution in [3.63, 3.8) is 0 Å². The zero-order valence-corrected chi connectivity index (χ0v) is 11.5. The second kappa shape index (κ2) is 5.81. The summed E-state index contributed by atoms with van der Waals surface area (Å²) in [7, 11) is -5.49. The largest absolute Gasteiger partial charge is 0.517 e. The number of rotatable bonds is 5. The number of carbonyl (C=O) groups is 1. The van der Waals surface area contributed by atoms with E-state index < -0.39 is 27.4 Å². The standard InChI is InChI=1S/C10H13F3N2O4S/c1-3-19-9(16)4-7(2)8-5-15(6-14-8)20(17,18)10(11,12)13/h5-7H,3-4H2,1-2H3. The Balaban J connectivity index is 2.91. The second-order valence-electron chi connectivity index (χ2n) is 3.99. The zero-order valence-electron chi connectivity index (χ0n) is 10.7. The summed E-state index contributed by atoms with van der Waals surface area (Å²) in [5.74, 6) is -1.09.